The summed E-state index contributed by atoms with van der Waals surface area (Å²) in [7, 11) is 0. The minimum Gasteiger partial charge on any atom is -0.325 e. The van der Waals surface area contributed by atoms with E-state index in [1.807, 2.05) is 24.3 Å². The van der Waals surface area contributed by atoms with Crippen molar-refractivity contribution in [2.75, 3.05) is 0 Å². The third kappa shape index (κ3) is 2.47. The lowest BCUT2D eigenvalue weighted by molar-refractivity contribution is 0.584. The topological polar surface area (TPSA) is 59.7 Å². The van der Waals surface area contributed by atoms with E-state index in [2.05, 4.69) is 19.2 Å². The van der Waals surface area contributed by atoms with E-state index in [4.69, 9.17) is 10.8 Å². The SMILES string of the molecule is CC(C)c1ccc2cc3c(c(-c4cc(F)cc(F)c4)c2c1)C(=N)NC3=N. The van der Waals surface area contributed by atoms with Crippen molar-refractivity contribution in [3.63, 3.8) is 0 Å². The van der Waals surface area contributed by atoms with Gasteiger partial charge < -0.3 is 5.32 Å². The Morgan fingerprint density at radius 1 is 0.846 bits per heavy atom. The maximum Gasteiger partial charge on any atom is 0.132 e. The number of halogens is 2. The molecule has 5 heteroatoms. The van der Waals surface area contributed by atoms with Crippen LogP contribution >= 0.6 is 0 Å². The van der Waals surface area contributed by atoms with Crippen LogP contribution in [0.15, 0.2) is 42.5 Å². The molecule has 1 heterocycles. The molecule has 0 fully saturated rings. The van der Waals surface area contributed by atoms with Crippen molar-refractivity contribution in [2.45, 2.75) is 19.8 Å². The number of rotatable bonds is 2. The second-order valence-corrected chi connectivity index (χ2v) is 6.84. The van der Waals surface area contributed by atoms with Crippen molar-refractivity contribution in [3.05, 3.63) is 70.8 Å². The average Bonchev–Trinajstić information content (AvgIpc) is 2.85. The molecule has 1 aliphatic rings. The number of fused-ring (bicyclic) bond motifs is 2. The Kier molecular flexibility index (Phi) is 3.61. The fourth-order valence-electron chi connectivity index (χ4n) is 3.48. The molecule has 0 radical (unpaired) electrons. The van der Waals surface area contributed by atoms with Crippen molar-refractivity contribution < 1.29 is 8.78 Å². The first-order chi connectivity index (χ1) is 12.3. The van der Waals surface area contributed by atoms with Gasteiger partial charge in [0.05, 0.1) is 0 Å². The largest absolute Gasteiger partial charge is 0.325 e. The molecule has 3 nitrogen and oxygen atoms in total. The van der Waals surface area contributed by atoms with Crippen LogP contribution in [0.1, 0.15) is 36.5 Å². The molecule has 0 unspecified atom stereocenters. The third-order valence-electron chi connectivity index (χ3n) is 4.75. The Morgan fingerprint density at radius 3 is 2.19 bits per heavy atom. The fraction of sp³-hybridized carbons (Fsp3) is 0.143. The van der Waals surface area contributed by atoms with E-state index in [0.717, 1.165) is 22.4 Å². The minimum atomic E-state index is -0.668. The lowest BCUT2D eigenvalue weighted by Gasteiger charge is -2.15. The van der Waals surface area contributed by atoms with Crippen LogP contribution in [0, 0.1) is 22.5 Å². The maximum absolute atomic E-state index is 13.9. The van der Waals surface area contributed by atoms with E-state index in [1.54, 1.807) is 0 Å². The highest BCUT2D eigenvalue weighted by molar-refractivity contribution is 6.28. The van der Waals surface area contributed by atoms with Crippen LogP contribution in [0.4, 0.5) is 8.78 Å². The molecule has 0 saturated carbocycles. The van der Waals surface area contributed by atoms with E-state index >= 15 is 0 Å². The quantitative estimate of drug-likeness (QED) is 0.588. The molecule has 26 heavy (non-hydrogen) atoms. The van der Waals surface area contributed by atoms with E-state index in [9.17, 15) is 8.78 Å². The first-order valence-electron chi connectivity index (χ1n) is 8.37. The molecule has 3 N–H and O–H groups in total. The first-order valence-corrected chi connectivity index (χ1v) is 8.37. The van der Waals surface area contributed by atoms with E-state index in [0.29, 0.717) is 28.2 Å². The van der Waals surface area contributed by atoms with Crippen LogP contribution in [0.25, 0.3) is 21.9 Å². The standard InChI is InChI=1S/C21H17F2N3/c1-10(2)11-3-4-12-8-17-19(21(25)26-20(17)24)18(16(12)7-11)13-5-14(22)9-15(23)6-13/h3-10H,1-2H3,(H3,24,25,26). The molecule has 0 bridgehead atoms. The minimum absolute atomic E-state index is 0.0709. The van der Waals surface area contributed by atoms with Crippen molar-refractivity contribution >= 4 is 22.4 Å². The van der Waals surface area contributed by atoms with E-state index in [1.165, 1.54) is 12.1 Å². The van der Waals surface area contributed by atoms with Gasteiger partial charge in [-0.25, -0.2) is 8.78 Å². The lowest BCUT2D eigenvalue weighted by atomic mass is 9.88. The molecule has 130 valence electrons. The van der Waals surface area contributed by atoms with Gasteiger partial charge in [-0.2, -0.15) is 0 Å². The predicted molar refractivity (Wildman–Crippen MR) is 100 cm³/mol. The molecule has 0 atom stereocenters. The van der Waals surface area contributed by atoms with E-state index < -0.39 is 11.6 Å². The third-order valence-corrected chi connectivity index (χ3v) is 4.75. The fourth-order valence-corrected chi connectivity index (χ4v) is 3.48. The Bertz CT molecular complexity index is 1080. The van der Waals surface area contributed by atoms with Crippen LogP contribution in [0.2, 0.25) is 0 Å². The summed E-state index contributed by atoms with van der Waals surface area (Å²) in [5.41, 5.74) is 3.13. The summed E-state index contributed by atoms with van der Waals surface area (Å²) in [4.78, 5) is 0. The monoisotopic (exact) mass is 349 g/mol. The van der Waals surface area contributed by atoms with Crippen molar-refractivity contribution in [3.8, 4) is 11.1 Å². The van der Waals surface area contributed by atoms with Gasteiger partial charge in [0.15, 0.2) is 0 Å². The number of hydrogen-bond donors (Lipinski definition) is 3. The lowest BCUT2D eigenvalue weighted by Crippen LogP contribution is -2.20. The Hall–Kier alpha value is -3.08. The molecule has 0 aromatic heterocycles. The Labute approximate surface area is 149 Å². The van der Waals surface area contributed by atoms with Crippen molar-refractivity contribution in [1.29, 1.82) is 10.8 Å². The maximum atomic E-state index is 13.9. The van der Waals surface area contributed by atoms with Gasteiger partial charge in [-0.15, -0.1) is 0 Å². The van der Waals surface area contributed by atoms with Crippen LogP contribution < -0.4 is 5.32 Å². The molecule has 4 rings (SSSR count). The second kappa shape index (κ2) is 5.73. The van der Waals surface area contributed by atoms with Gasteiger partial charge in [0, 0.05) is 22.8 Å². The van der Waals surface area contributed by atoms with Gasteiger partial charge in [0.1, 0.15) is 23.3 Å². The van der Waals surface area contributed by atoms with Crippen molar-refractivity contribution in [2.24, 2.45) is 0 Å². The Morgan fingerprint density at radius 2 is 1.54 bits per heavy atom. The van der Waals surface area contributed by atoms with Gasteiger partial charge in [-0.1, -0.05) is 32.0 Å². The van der Waals surface area contributed by atoms with E-state index in [-0.39, 0.29) is 11.7 Å². The smallest absolute Gasteiger partial charge is 0.132 e. The predicted octanol–water partition coefficient (Wildman–Crippen LogP) is 5.16. The Balaban J connectivity index is 2.17. The molecule has 3 aromatic carbocycles. The molecular formula is C21H17F2N3. The highest BCUT2D eigenvalue weighted by Gasteiger charge is 2.27. The van der Waals surface area contributed by atoms with Crippen LogP contribution in [0.3, 0.4) is 0 Å². The normalized spacial score (nSPS) is 13.4. The first kappa shape index (κ1) is 16.4. The number of benzene rings is 3. The molecule has 0 saturated heterocycles. The summed E-state index contributed by atoms with van der Waals surface area (Å²) in [6.07, 6.45) is 0. The zero-order valence-electron chi connectivity index (χ0n) is 14.4. The van der Waals surface area contributed by atoms with Gasteiger partial charge in [0.2, 0.25) is 0 Å². The number of hydrogen-bond acceptors (Lipinski definition) is 2. The van der Waals surface area contributed by atoms with Gasteiger partial charge >= 0.3 is 0 Å². The summed E-state index contributed by atoms with van der Waals surface area (Å²) < 4.78 is 27.8. The van der Waals surface area contributed by atoms with Crippen LogP contribution in [0.5, 0.6) is 0 Å². The van der Waals surface area contributed by atoms with Gasteiger partial charge in [0.25, 0.3) is 0 Å². The number of nitrogens with one attached hydrogen (secondary N) is 3. The molecule has 0 amide bonds. The molecule has 3 aromatic rings. The summed E-state index contributed by atoms with van der Waals surface area (Å²) in [5.74, 6) is -0.850. The summed E-state index contributed by atoms with van der Waals surface area (Å²) in [6.45, 7) is 4.16. The summed E-state index contributed by atoms with van der Waals surface area (Å²) in [6, 6.07) is 11.2. The zero-order valence-corrected chi connectivity index (χ0v) is 14.4. The second-order valence-electron chi connectivity index (χ2n) is 6.84. The highest BCUT2D eigenvalue weighted by atomic mass is 19.1. The number of amidine groups is 2. The van der Waals surface area contributed by atoms with Crippen molar-refractivity contribution in [1.82, 2.24) is 5.32 Å². The van der Waals surface area contributed by atoms with Gasteiger partial charge in [-0.05, 0) is 46.0 Å². The van der Waals surface area contributed by atoms with Gasteiger partial charge in [-0.3, -0.25) is 10.8 Å². The molecule has 0 aliphatic carbocycles. The zero-order chi connectivity index (χ0) is 18.6. The summed E-state index contributed by atoms with van der Waals surface area (Å²) >= 11 is 0. The van der Waals surface area contributed by atoms with Crippen LogP contribution in [-0.4, -0.2) is 11.7 Å². The summed E-state index contributed by atoms with van der Waals surface area (Å²) in [5, 5.41) is 20.7. The molecular weight excluding hydrogens is 332 g/mol. The molecule has 1 aliphatic heterocycles. The highest BCUT2D eigenvalue weighted by Crippen LogP contribution is 2.38. The molecule has 0 spiro atoms. The average molecular weight is 349 g/mol. The van der Waals surface area contributed by atoms with Crippen LogP contribution in [-0.2, 0) is 0 Å².